The molecule has 0 aromatic carbocycles. The van der Waals surface area contributed by atoms with Crippen LogP contribution in [0.4, 0.5) is 0 Å². The summed E-state index contributed by atoms with van der Waals surface area (Å²) >= 11 is 1.81. The Kier molecular flexibility index (Phi) is 6.67. The van der Waals surface area contributed by atoms with Gasteiger partial charge in [0, 0.05) is 13.2 Å². The Hall–Kier alpha value is -0.220. The van der Waals surface area contributed by atoms with E-state index in [4.69, 9.17) is 0 Å². The second-order valence-corrected chi connectivity index (χ2v) is 7.40. The van der Waals surface area contributed by atoms with E-state index in [1.807, 2.05) is 0 Å². The van der Waals surface area contributed by atoms with Crippen LogP contribution >= 0.6 is 11.8 Å². The van der Waals surface area contributed by atoms with E-state index in [1.165, 1.54) is 0 Å². The number of hydrogen-bond acceptors (Lipinski definition) is 3. The van der Waals surface area contributed by atoms with Crippen molar-refractivity contribution in [2.75, 3.05) is 18.9 Å². The summed E-state index contributed by atoms with van der Waals surface area (Å²) in [7, 11) is 0. The Morgan fingerprint density at radius 2 is 2.05 bits per heavy atom. The van der Waals surface area contributed by atoms with Crippen LogP contribution in [0.5, 0.6) is 0 Å². The highest BCUT2D eigenvalue weighted by Crippen LogP contribution is 2.34. The molecule has 0 radical (unpaired) electrons. The van der Waals surface area contributed by atoms with Crippen molar-refractivity contribution in [3.63, 3.8) is 0 Å². The van der Waals surface area contributed by atoms with Gasteiger partial charge in [-0.2, -0.15) is 0 Å². The Bertz CT molecular complexity index is 290. The van der Waals surface area contributed by atoms with Gasteiger partial charge < -0.3 is 10.0 Å². The average Bonchev–Trinajstić information content (AvgIpc) is 2.73. The zero-order valence-electron chi connectivity index (χ0n) is 12.8. The van der Waals surface area contributed by atoms with E-state index in [0.717, 1.165) is 32.2 Å². The molecular weight excluding hydrogens is 258 g/mol. The average molecular weight is 287 g/mol. The zero-order chi connectivity index (χ0) is 14.5. The van der Waals surface area contributed by atoms with Crippen LogP contribution in [0.25, 0.3) is 0 Å². The fraction of sp³-hybridized carbons (Fsp3) is 0.933. The minimum absolute atomic E-state index is 0.0275. The lowest BCUT2D eigenvalue weighted by Gasteiger charge is -2.31. The number of rotatable bonds is 8. The Balaban J connectivity index is 2.51. The normalized spacial score (nSPS) is 20.6. The summed E-state index contributed by atoms with van der Waals surface area (Å²) in [5, 5.41) is 9.64. The molecule has 1 heterocycles. The highest BCUT2D eigenvalue weighted by Gasteiger charge is 2.35. The number of amides is 1. The predicted octanol–water partition coefficient (Wildman–Crippen LogP) is 3.12. The van der Waals surface area contributed by atoms with Crippen molar-refractivity contribution in [3.05, 3.63) is 0 Å². The van der Waals surface area contributed by atoms with Gasteiger partial charge in [0.05, 0.1) is 11.1 Å². The molecule has 19 heavy (non-hydrogen) atoms. The van der Waals surface area contributed by atoms with Crippen molar-refractivity contribution in [1.82, 2.24) is 4.90 Å². The number of aliphatic hydroxyl groups excluding tert-OH is 1. The van der Waals surface area contributed by atoms with Crippen molar-refractivity contribution in [1.29, 1.82) is 0 Å². The number of aliphatic hydroxyl groups is 1. The van der Waals surface area contributed by atoms with Crippen LogP contribution in [0.3, 0.4) is 0 Å². The maximum absolute atomic E-state index is 12.0. The SMILES string of the molecule is CCC(CC)C1SCC(=O)N1CCCC(C)(C)CO. The van der Waals surface area contributed by atoms with Crippen LogP contribution in [0.2, 0.25) is 0 Å². The Morgan fingerprint density at radius 1 is 1.42 bits per heavy atom. The maximum Gasteiger partial charge on any atom is 0.233 e. The third-order valence-electron chi connectivity index (χ3n) is 4.14. The van der Waals surface area contributed by atoms with Gasteiger partial charge in [-0.25, -0.2) is 0 Å². The van der Waals surface area contributed by atoms with E-state index < -0.39 is 0 Å². The number of nitrogens with zero attached hydrogens (tertiary/aromatic N) is 1. The van der Waals surface area contributed by atoms with Crippen LogP contribution < -0.4 is 0 Å². The molecule has 1 aliphatic rings. The zero-order valence-corrected chi connectivity index (χ0v) is 13.6. The molecule has 0 aromatic heterocycles. The molecule has 1 N–H and O–H groups in total. The molecule has 0 aliphatic carbocycles. The van der Waals surface area contributed by atoms with Gasteiger partial charge in [-0.15, -0.1) is 11.8 Å². The Morgan fingerprint density at radius 3 is 2.58 bits per heavy atom. The lowest BCUT2D eigenvalue weighted by atomic mass is 9.89. The molecule has 4 heteroatoms. The van der Waals surface area contributed by atoms with Gasteiger partial charge in [0.1, 0.15) is 0 Å². The first-order chi connectivity index (χ1) is 8.95. The summed E-state index contributed by atoms with van der Waals surface area (Å²) in [6.07, 6.45) is 4.23. The van der Waals surface area contributed by atoms with E-state index in [1.54, 1.807) is 11.8 Å². The molecule has 1 unspecified atom stereocenters. The predicted molar refractivity (Wildman–Crippen MR) is 82.1 cm³/mol. The first-order valence-electron chi connectivity index (χ1n) is 7.47. The smallest absolute Gasteiger partial charge is 0.233 e. The molecule has 0 aromatic rings. The summed E-state index contributed by atoms with van der Waals surface area (Å²) in [5.74, 6) is 1.55. The van der Waals surface area contributed by atoms with E-state index in [0.29, 0.717) is 23.0 Å². The summed E-state index contributed by atoms with van der Waals surface area (Å²) in [4.78, 5) is 14.1. The van der Waals surface area contributed by atoms with Gasteiger partial charge in [0.2, 0.25) is 5.91 Å². The third-order valence-corrected chi connectivity index (χ3v) is 5.53. The van der Waals surface area contributed by atoms with Gasteiger partial charge in [0.25, 0.3) is 0 Å². The number of carbonyl (C=O) groups excluding carboxylic acids is 1. The molecule has 1 amide bonds. The standard InChI is InChI=1S/C15H29NO2S/c1-5-12(6-2)14-16(13(18)10-19-14)9-7-8-15(3,4)11-17/h12,14,17H,5-11H2,1-4H3. The monoisotopic (exact) mass is 287 g/mol. The van der Waals surface area contributed by atoms with E-state index in [2.05, 4.69) is 32.6 Å². The fourth-order valence-electron chi connectivity index (χ4n) is 2.61. The molecular formula is C15H29NO2S. The maximum atomic E-state index is 12.0. The topological polar surface area (TPSA) is 40.5 Å². The lowest BCUT2D eigenvalue weighted by Crippen LogP contribution is -2.38. The minimum Gasteiger partial charge on any atom is -0.396 e. The van der Waals surface area contributed by atoms with Crippen LogP contribution in [0.1, 0.15) is 53.4 Å². The molecule has 0 bridgehead atoms. The Labute approximate surface area is 122 Å². The molecule has 1 aliphatic heterocycles. The highest BCUT2D eigenvalue weighted by molar-refractivity contribution is 8.01. The number of hydrogen-bond donors (Lipinski definition) is 1. The van der Waals surface area contributed by atoms with Crippen molar-refractivity contribution >= 4 is 17.7 Å². The van der Waals surface area contributed by atoms with Gasteiger partial charge in [-0.05, 0) is 24.2 Å². The molecule has 3 nitrogen and oxygen atoms in total. The van der Waals surface area contributed by atoms with Gasteiger partial charge in [0.15, 0.2) is 0 Å². The lowest BCUT2D eigenvalue weighted by molar-refractivity contribution is -0.128. The van der Waals surface area contributed by atoms with E-state index in [-0.39, 0.29) is 12.0 Å². The largest absolute Gasteiger partial charge is 0.396 e. The summed E-state index contributed by atoms with van der Waals surface area (Å²) < 4.78 is 0. The molecule has 1 fully saturated rings. The summed E-state index contributed by atoms with van der Waals surface area (Å²) in [5.41, 5.74) is -0.0275. The number of carbonyl (C=O) groups is 1. The fourth-order valence-corrected chi connectivity index (χ4v) is 4.15. The summed E-state index contributed by atoms with van der Waals surface area (Å²) in [6, 6.07) is 0. The molecule has 1 rings (SSSR count). The van der Waals surface area contributed by atoms with E-state index in [9.17, 15) is 9.90 Å². The second-order valence-electron chi connectivity index (χ2n) is 6.29. The molecule has 1 saturated heterocycles. The van der Waals surface area contributed by atoms with Crippen LogP contribution in [-0.4, -0.2) is 40.2 Å². The van der Waals surface area contributed by atoms with Crippen molar-refractivity contribution in [2.45, 2.75) is 58.8 Å². The first kappa shape index (κ1) is 16.8. The molecule has 0 spiro atoms. The highest BCUT2D eigenvalue weighted by atomic mass is 32.2. The number of thioether (sulfide) groups is 1. The second kappa shape index (κ2) is 7.53. The van der Waals surface area contributed by atoms with E-state index >= 15 is 0 Å². The van der Waals surface area contributed by atoms with Gasteiger partial charge >= 0.3 is 0 Å². The molecule has 1 atom stereocenters. The van der Waals surface area contributed by atoms with Crippen LogP contribution in [0, 0.1) is 11.3 Å². The van der Waals surface area contributed by atoms with Gasteiger partial charge in [-0.1, -0.05) is 40.5 Å². The van der Waals surface area contributed by atoms with Crippen molar-refractivity contribution < 1.29 is 9.90 Å². The van der Waals surface area contributed by atoms with Crippen LogP contribution in [-0.2, 0) is 4.79 Å². The molecule has 112 valence electrons. The molecule has 0 saturated carbocycles. The van der Waals surface area contributed by atoms with Crippen molar-refractivity contribution in [3.8, 4) is 0 Å². The quantitative estimate of drug-likeness (QED) is 0.745. The summed E-state index contributed by atoms with van der Waals surface area (Å²) in [6.45, 7) is 9.63. The minimum atomic E-state index is -0.0275. The first-order valence-corrected chi connectivity index (χ1v) is 8.52. The van der Waals surface area contributed by atoms with Gasteiger partial charge in [-0.3, -0.25) is 4.79 Å². The third kappa shape index (κ3) is 4.67. The van der Waals surface area contributed by atoms with Crippen molar-refractivity contribution in [2.24, 2.45) is 11.3 Å². The van der Waals surface area contributed by atoms with Crippen LogP contribution in [0.15, 0.2) is 0 Å².